The van der Waals surface area contributed by atoms with Crippen LogP contribution in [0.3, 0.4) is 0 Å². The average Bonchev–Trinajstić information content (AvgIpc) is 2.73. The number of phenols is 1. The summed E-state index contributed by atoms with van der Waals surface area (Å²) in [6.45, 7) is 2.30. The van der Waals surface area contributed by atoms with Crippen molar-refractivity contribution in [1.82, 2.24) is 9.97 Å². The molecule has 0 saturated heterocycles. The molecule has 1 aliphatic carbocycles. The van der Waals surface area contributed by atoms with Crippen LogP contribution in [0.5, 0.6) is 5.75 Å². The highest BCUT2D eigenvalue weighted by Crippen LogP contribution is 2.38. The highest BCUT2D eigenvalue weighted by Gasteiger charge is 2.31. The van der Waals surface area contributed by atoms with E-state index >= 15 is 0 Å². The van der Waals surface area contributed by atoms with Gasteiger partial charge in [-0.3, -0.25) is 0 Å². The first-order chi connectivity index (χ1) is 8.17. The quantitative estimate of drug-likeness (QED) is 0.787. The van der Waals surface area contributed by atoms with Gasteiger partial charge in [0.05, 0.1) is 11.0 Å². The molecule has 0 unspecified atom stereocenters. The van der Waals surface area contributed by atoms with Crippen LogP contribution in [0.2, 0.25) is 0 Å². The Morgan fingerprint density at radius 2 is 2.00 bits per heavy atom. The SMILES string of the molecule is CC1(c2nc3ccc(O)cc3[nH]2)CCCCC1. The highest BCUT2D eigenvalue weighted by atomic mass is 16.3. The maximum absolute atomic E-state index is 9.47. The minimum atomic E-state index is 0.187. The van der Waals surface area contributed by atoms with Gasteiger partial charge in [0.2, 0.25) is 0 Å². The monoisotopic (exact) mass is 230 g/mol. The van der Waals surface area contributed by atoms with E-state index in [9.17, 15) is 5.11 Å². The molecule has 2 aromatic rings. The first kappa shape index (κ1) is 10.6. The Balaban J connectivity index is 2.05. The summed E-state index contributed by atoms with van der Waals surface area (Å²) >= 11 is 0. The Kier molecular flexibility index (Phi) is 2.35. The number of H-pyrrole nitrogens is 1. The third kappa shape index (κ3) is 1.79. The summed E-state index contributed by atoms with van der Waals surface area (Å²) < 4.78 is 0. The van der Waals surface area contributed by atoms with Crippen LogP contribution in [-0.2, 0) is 5.41 Å². The van der Waals surface area contributed by atoms with Gasteiger partial charge in [-0.2, -0.15) is 0 Å². The van der Waals surface area contributed by atoms with Crippen molar-refractivity contribution in [2.24, 2.45) is 0 Å². The molecule has 3 rings (SSSR count). The van der Waals surface area contributed by atoms with Crippen molar-refractivity contribution in [3.8, 4) is 5.75 Å². The Bertz CT molecular complexity index is 538. The lowest BCUT2D eigenvalue weighted by atomic mass is 9.75. The zero-order chi connectivity index (χ0) is 11.9. The molecule has 1 heterocycles. The minimum absolute atomic E-state index is 0.187. The Morgan fingerprint density at radius 3 is 2.76 bits per heavy atom. The fraction of sp³-hybridized carbons (Fsp3) is 0.500. The molecular weight excluding hydrogens is 212 g/mol. The van der Waals surface area contributed by atoms with Gasteiger partial charge in [-0.1, -0.05) is 26.2 Å². The van der Waals surface area contributed by atoms with E-state index in [1.807, 2.05) is 6.07 Å². The molecule has 0 bridgehead atoms. The van der Waals surface area contributed by atoms with Crippen molar-refractivity contribution in [2.75, 3.05) is 0 Å². The normalized spacial score (nSPS) is 19.6. The van der Waals surface area contributed by atoms with Gasteiger partial charge in [0.15, 0.2) is 0 Å². The van der Waals surface area contributed by atoms with Crippen LogP contribution in [0.25, 0.3) is 11.0 Å². The van der Waals surface area contributed by atoms with Crippen LogP contribution in [0, 0.1) is 0 Å². The lowest BCUT2D eigenvalue weighted by Crippen LogP contribution is -2.26. The lowest BCUT2D eigenvalue weighted by molar-refractivity contribution is 0.306. The molecule has 0 atom stereocenters. The molecule has 3 nitrogen and oxygen atoms in total. The van der Waals surface area contributed by atoms with Crippen molar-refractivity contribution in [3.05, 3.63) is 24.0 Å². The molecule has 0 amide bonds. The highest BCUT2D eigenvalue weighted by molar-refractivity contribution is 5.76. The Hall–Kier alpha value is -1.51. The molecular formula is C14H18N2O. The number of aromatic amines is 1. The third-order valence-electron chi connectivity index (χ3n) is 3.99. The summed E-state index contributed by atoms with van der Waals surface area (Å²) in [5, 5.41) is 9.47. The van der Waals surface area contributed by atoms with Crippen LogP contribution in [-0.4, -0.2) is 15.1 Å². The first-order valence-electron chi connectivity index (χ1n) is 6.37. The number of hydrogen-bond donors (Lipinski definition) is 2. The second-order valence-corrected chi connectivity index (χ2v) is 5.41. The van der Waals surface area contributed by atoms with Gasteiger partial charge >= 0.3 is 0 Å². The van der Waals surface area contributed by atoms with Crippen LogP contribution < -0.4 is 0 Å². The van der Waals surface area contributed by atoms with Gasteiger partial charge in [0.1, 0.15) is 11.6 Å². The van der Waals surface area contributed by atoms with E-state index in [-0.39, 0.29) is 5.41 Å². The van der Waals surface area contributed by atoms with Crippen LogP contribution in [0.1, 0.15) is 44.9 Å². The largest absolute Gasteiger partial charge is 0.508 e. The van der Waals surface area contributed by atoms with Crippen molar-refractivity contribution >= 4 is 11.0 Å². The fourth-order valence-electron chi connectivity index (χ4n) is 2.85. The number of rotatable bonds is 1. The topological polar surface area (TPSA) is 48.9 Å². The number of aromatic hydroxyl groups is 1. The molecule has 0 aliphatic heterocycles. The van der Waals surface area contributed by atoms with Gasteiger partial charge in [0, 0.05) is 11.5 Å². The number of fused-ring (bicyclic) bond motifs is 1. The molecule has 1 saturated carbocycles. The van der Waals surface area contributed by atoms with Crippen molar-refractivity contribution in [1.29, 1.82) is 0 Å². The van der Waals surface area contributed by atoms with Crippen LogP contribution >= 0.6 is 0 Å². The summed E-state index contributed by atoms with van der Waals surface area (Å²) in [4.78, 5) is 8.06. The summed E-state index contributed by atoms with van der Waals surface area (Å²) in [5.74, 6) is 1.37. The molecule has 2 N–H and O–H groups in total. The maximum Gasteiger partial charge on any atom is 0.117 e. The molecule has 90 valence electrons. The van der Waals surface area contributed by atoms with Gasteiger partial charge in [-0.25, -0.2) is 4.98 Å². The van der Waals surface area contributed by atoms with Crippen molar-refractivity contribution in [2.45, 2.75) is 44.4 Å². The van der Waals surface area contributed by atoms with E-state index in [0.29, 0.717) is 5.75 Å². The first-order valence-corrected chi connectivity index (χ1v) is 6.37. The van der Waals surface area contributed by atoms with Gasteiger partial charge in [0.25, 0.3) is 0 Å². The third-order valence-corrected chi connectivity index (χ3v) is 3.99. The van der Waals surface area contributed by atoms with E-state index in [1.54, 1.807) is 12.1 Å². The van der Waals surface area contributed by atoms with E-state index in [1.165, 1.54) is 32.1 Å². The minimum Gasteiger partial charge on any atom is -0.508 e. The summed E-state index contributed by atoms with van der Waals surface area (Å²) in [6.07, 6.45) is 6.34. The van der Waals surface area contributed by atoms with E-state index in [4.69, 9.17) is 0 Å². The predicted molar refractivity (Wildman–Crippen MR) is 68.2 cm³/mol. The van der Waals surface area contributed by atoms with E-state index in [2.05, 4.69) is 16.9 Å². The molecule has 1 aromatic heterocycles. The molecule has 3 heteroatoms. The number of benzene rings is 1. The summed E-state index contributed by atoms with van der Waals surface area (Å²) in [7, 11) is 0. The zero-order valence-electron chi connectivity index (χ0n) is 10.2. The molecule has 17 heavy (non-hydrogen) atoms. The molecule has 0 spiro atoms. The number of imidazole rings is 1. The van der Waals surface area contributed by atoms with Crippen LogP contribution in [0.4, 0.5) is 0 Å². The predicted octanol–water partition coefficient (Wildman–Crippen LogP) is 3.49. The molecule has 1 aromatic carbocycles. The second kappa shape index (κ2) is 3.76. The number of nitrogens with one attached hydrogen (secondary N) is 1. The zero-order valence-corrected chi connectivity index (χ0v) is 10.2. The average molecular weight is 230 g/mol. The molecule has 1 aliphatic rings. The fourth-order valence-corrected chi connectivity index (χ4v) is 2.85. The van der Waals surface area contributed by atoms with E-state index < -0.39 is 0 Å². The van der Waals surface area contributed by atoms with Gasteiger partial charge in [-0.15, -0.1) is 0 Å². The number of aromatic nitrogens is 2. The Morgan fingerprint density at radius 1 is 1.24 bits per heavy atom. The van der Waals surface area contributed by atoms with Crippen LogP contribution in [0.15, 0.2) is 18.2 Å². The second-order valence-electron chi connectivity index (χ2n) is 5.41. The van der Waals surface area contributed by atoms with Crippen molar-refractivity contribution in [3.63, 3.8) is 0 Å². The molecule has 1 fully saturated rings. The number of nitrogens with zero attached hydrogens (tertiary/aromatic N) is 1. The van der Waals surface area contributed by atoms with Gasteiger partial charge < -0.3 is 10.1 Å². The standard InChI is InChI=1S/C14H18N2O/c1-14(7-3-2-4-8-14)13-15-11-6-5-10(17)9-12(11)16-13/h5-6,9,17H,2-4,7-8H2,1H3,(H,15,16). The number of phenolic OH excluding ortho intramolecular Hbond substituents is 1. The Labute approximate surface area is 101 Å². The summed E-state index contributed by atoms with van der Waals surface area (Å²) in [5.41, 5.74) is 2.07. The van der Waals surface area contributed by atoms with Crippen molar-refractivity contribution < 1.29 is 5.11 Å². The van der Waals surface area contributed by atoms with E-state index in [0.717, 1.165) is 16.9 Å². The maximum atomic E-state index is 9.47. The summed E-state index contributed by atoms with van der Waals surface area (Å²) in [6, 6.07) is 5.31. The lowest BCUT2D eigenvalue weighted by Gasteiger charge is -2.31. The molecule has 0 radical (unpaired) electrons. The number of hydrogen-bond acceptors (Lipinski definition) is 2. The smallest absolute Gasteiger partial charge is 0.117 e. The van der Waals surface area contributed by atoms with Gasteiger partial charge in [-0.05, 0) is 25.0 Å².